The number of carbonyl (C=O) groups is 6. The highest BCUT2D eigenvalue weighted by Gasteiger charge is 2.33. The summed E-state index contributed by atoms with van der Waals surface area (Å²) in [6, 6.07) is 8.54. The second kappa shape index (κ2) is 15.8. The molecule has 3 aromatic rings. The lowest BCUT2D eigenvalue weighted by molar-refractivity contribution is -0.138. The summed E-state index contributed by atoms with van der Waals surface area (Å²) in [5.41, 5.74) is 1.21. The molecule has 0 aliphatic heterocycles. The Morgan fingerprint density at radius 1 is 0.913 bits per heavy atom. The average molecular weight is 638 g/mol. The fraction of sp³-hybridized carbons (Fsp3) is 0.424. The van der Waals surface area contributed by atoms with Gasteiger partial charge in [0.2, 0.25) is 17.6 Å². The Morgan fingerprint density at radius 3 is 2.17 bits per heavy atom. The molecule has 46 heavy (non-hydrogen) atoms. The lowest BCUT2D eigenvalue weighted by Gasteiger charge is -2.25. The van der Waals surface area contributed by atoms with Gasteiger partial charge < -0.3 is 34.8 Å². The minimum Gasteiger partial charge on any atom is -0.508 e. The van der Waals surface area contributed by atoms with Crippen molar-refractivity contribution in [2.75, 3.05) is 7.11 Å². The highest BCUT2D eigenvalue weighted by molar-refractivity contribution is 6.02. The number of hydrogen-bond acceptors (Lipinski definition) is 10. The molecule has 0 radical (unpaired) electrons. The molecule has 0 saturated heterocycles. The maximum absolute atomic E-state index is 13.4. The molecule has 0 bridgehead atoms. The van der Waals surface area contributed by atoms with E-state index in [2.05, 4.69) is 15.6 Å². The summed E-state index contributed by atoms with van der Waals surface area (Å²) in [6.07, 6.45) is -0.936. The standard InChI is InChI=1S/C33H39N3O10/c1-17(2)28(36-32(44)21(14-19(4)37)15-20-9-11-22(38)12-10-20)25(39)13-18(3)31(43)34-24(16-27(40)41)29(42)33-35-23-7-6-8-26(45-5)30(23)46-33/h6-12,17-18,21,24,28,38H,13-16H2,1-5H3,(H,34,43)(H,36,44)(H,40,41)/t18-,21+,24+,28+/m1/s1. The number of aromatic nitrogens is 1. The molecular weight excluding hydrogens is 598 g/mol. The van der Waals surface area contributed by atoms with E-state index in [-0.39, 0.29) is 42.3 Å². The Kier molecular flexibility index (Phi) is 12.1. The van der Waals surface area contributed by atoms with Gasteiger partial charge in [0.15, 0.2) is 17.1 Å². The normalized spacial score (nSPS) is 13.8. The van der Waals surface area contributed by atoms with E-state index in [4.69, 9.17) is 9.15 Å². The highest BCUT2D eigenvalue weighted by atomic mass is 16.5. The van der Waals surface area contributed by atoms with E-state index >= 15 is 0 Å². The van der Waals surface area contributed by atoms with E-state index in [1.54, 1.807) is 44.2 Å². The number of rotatable bonds is 17. The number of phenolic OH excluding ortho intramolecular Hbond substituents is 1. The molecule has 13 nitrogen and oxygen atoms in total. The van der Waals surface area contributed by atoms with Gasteiger partial charge >= 0.3 is 5.97 Å². The van der Waals surface area contributed by atoms with Crippen molar-refractivity contribution in [2.24, 2.45) is 17.8 Å². The van der Waals surface area contributed by atoms with Gasteiger partial charge in [-0.15, -0.1) is 0 Å². The summed E-state index contributed by atoms with van der Waals surface area (Å²) >= 11 is 0. The van der Waals surface area contributed by atoms with Crippen LogP contribution >= 0.6 is 0 Å². The van der Waals surface area contributed by atoms with Crippen LogP contribution in [0.1, 0.15) is 63.2 Å². The Morgan fingerprint density at radius 2 is 1.59 bits per heavy atom. The minimum atomic E-state index is -1.53. The highest BCUT2D eigenvalue weighted by Crippen LogP contribution is 2.27. The van der Waals surface area contributed by atoms with Gasteiger partial charge in [-0.1, -0.05) is 39.0 Å². The first-order chi connectivity index (χ1) is 21.7. The minimum absolute atomic E-state index is 0.0591. The van der Waals surface area contributed by atoms with Gasteiger partial charge in [0.25, 0.3) is 5.89 Å². The largest absolute Gasteiger partial charge is 0.508 e. The molecule has 0 fully saturated rings. The molecule has 0 unspecified atom stereocenters. The number of amides is 2. The summed E-state index contributed by atoms with van der Waals surface area (Å²) in [7, 11) is 1.41. The molecule has 0 spiro atoms. The lowest BCUT2D eigenvalue weighted by Crippen LogP contribution is -2.49. The van der Waals surface area contributed by atoms with E-state index in [9.17, 15) is 39.0 Å². The van der Waals surface area contributed by atoms with Crippen LogP contribution in [0.4, 0.5) is 0 Å². The molecule has 4 atom stereocenters. The lowest BCUT2D eigenvalue weighted by atomic mass is 9.90. The van der Waals surface area contributed by atoms with Gasteiger partial charge in [-0.25, -0.2) is 4.98 Å². The number of ether oxygens (including phenoxy) is 1. The number of carboxylic acids is 1. The van der Waals surface area contributed by atoms with E-state index in [0.717, 1.165) is 5.56 Å². The first-order valence-electron chi connectivity index (χ1n) is 14.8. The van der Waals surface area contributed by atoms with Crippen molar-refractivity contribution < 1.29 is 48.1 Å². The van der Waals surface area contributed by atoms with E-state index in [1.807, 2.05) is 0 Å². The smallest absolute Gasteiger partial charge is 0.305 e. The number of nitrogens with zero attached hydrogens (tertiary/aromatic N) is 1. The molecule has 3 rings (SSSR count). The van der Waals surface area contributed by atoms with Gasteiger partial charge in [0, 0.05) is 24.7 Å². The Hall–Kier alpha value is -5.07. The number of benzene rings is 2. The van der Waals surface area contributed by atoms with Gasteiger partial charge in [0.1, 0.15) is 23.1 Å². The van der Waals surface area contributed by atoms with Crippen molar-refractivity contribution in [1.29, 1.82) is 0 Å². The number of carbonyl (C=O) groups excluding carboxylic acids is 5. The number of fused-ring (bicyclic) bond motifs is 1. The molecule has 2 amide bonds. The van der Waals surface area contributed by atoms with Crippen molar-refractivity contribution in [2.45, 2.75) is 65.5 Å². The van der Waals surface area contributed by atoms with Crippen molar-refractivity contribution in [3.05, 3.63) is 53.9 Å². The number of Topliss-reactive ketones (excluding diaryl/α,β-unsaturated/α-hetero) is 3. The first-order valence-corrected chi connectivity index (χ1v) is 14.8. The molecule has 0 aliphatic carbocycles. The molecule has 246 valence electrons. The van der Waals surface area contributed by atoms with E-state index in [1.165, 1.54) is 33.1 Å². The van der Waals surface area contributed by atoms with Crippen LogP contribution in [0.15, 0.2) is 46.9 Å². The van der Waals surface area contributed by atoms with Crippen LogP contribution in [-0.4, -0.2) is 69.5 Å². The number of oxazole rings is 1. The fourth-order valence-corrected chi connectivity index (χ4v) is 4.97. The molecule has 4 N–H and O–H groups in total. The third-order valence-electron chi connectivity index (χ3n) is 7.41. The fourth-order valence-electron chi connectivity index (χ4n) is 4.97. The maximum Gasteiger partial charge on any atom is 0.305 e. The summed E-state index contributed by atoms with van der Waals surface area (Å²) in [5.74, 6) is -6.32. The second-order valence-corrected chi connectivity index (χ2v) is 11.6. The van der Waals surface area contributed by atoms with Crippen LogP contribution < -0.4 is 15.4 Å². The number of aromatic hydroxyl groups is 1. The van der Waals surface area contributed by atoms with Crippen molar-refractivity contribution in [3.63, 3.8) is 0 Å². The Labute approximate surface area is 265 Å². The van der Waals surface area contributed by atoms with Gasteiger partial charge in [0.05, 0.1) is 19.6 Å². The molecule has 0 aliphatic rings. The Bertz CT molecular complexity index is 1590. The van der Waals surface area contributed by atoms with Crippen LogP contribution in [0.25, 0.3) is 11.1 Å². The predicted octanol–water partition coefficient (Wildman–Crippen LogP) is 3.26. The number of nitrogens with one attached hydrogen (secondary N) is 2. The molecular formula is C33H39N3O10. The van der Waals surface area contributed by atoms with E-state index in [0.29, 0.717) is 11.3 Å². The maximum atomic E-state index is 13.4. The number of hydrogen-bond donors (Lipinski definition) is 4. The van der Waals surface area contributed by atoms with Gasteiger partial charge in [-0.3, -0.25) is 24.0 Å². The third-order valence-corrected chi connectivity index (χ3v) is 7.41. The van der Waals surface area contributed by atoms with E-state index < -0.39 is 65.6 Å². The number of carboxylic acid groups (broad SMARTS) is 1. The molecule has 0 saturated carbocycles. The van der Waals surface area contributed by atoms with Crippen LogP contribution in [0, 0.1) is 17.8 Å². The van der Waals surface area contributed by atoms with Gasteiger partial charge in [-0.2, -0.15) is 0 Å². The zero-order valence-corrected chi connectivity index (χ0v) is 26.4. The molecule has 1 heterocycles. The van der Waals surface area contributed by atoms with Crippen LogP contribution in [0.5, 0.6) is 11.5 Å². The molecule has 1 aromatic heterocycles. The molecule has 13 heteroatoms. The van der Waals surface area contributed by atoms with Crippen molar-refractivity contribution in [3.8, 4) is 11.5 Å². The number of aliphatic carboxylic acids is 1. The Balaban J connectivity index is 1.71. The van der Waals surface area contributed by atoms with Crippen molar-refractivity contribution in [1.82, 2.24) is 15.6 Å². The number of methoxy groups -OCH3 is 1. The zero-order valence-electron chi connectivity index (χ0n) is 26.4. The predicted molar refractivity (Wildman–Crippen MR) is 165 cm³/mol. The SMILES string of the molecule is COc1cccc2nc(C(=O)[C@H](CC(=O)O)NC(=O)[C@H](C)CC(=O)[C@@H](NC(=O)[C@@H](CC(C)=O)Cc3ccc(O)cc3)C(C)C)oc12. The quantitative estimate of drug-likeness (QED) is 0.158. The van der Waals surface area contributed by atoms with Crippen LogP contribution in [-0.2, 0) is 30.4 Å². The average Bonchev–Trinajstić information content (AvgIpc) is 3.43. The summed E-state index contributed by atoms with van der Waals surface area (Å²) in [6.45, 7) is 6.27. The van der Waals surface area contributed by atoms with Gasteiger partial charge in [-0.05, 0) is 49.1 Å². The first kappa shape index (κ1) is 35.4. The monoisotopic (exact) mass is 637 g/mol. The topological polar surface area (TPSA) is 202 Å². The summed E-state index contributed by atoms with van der Waals surface area (Å²) in [5, 5.41) is 24.1. The number of para-hydroxylation sites is 1. The van der Waals surface area contributed by atoms with Crippen LogP contribution in [0.3, 0.4) is 0 Å². The number of phenols is 1. The second-order valence-electron chi connectivity index (χ2n) is 11.6. The zero-order chi connectivity index (χ0) is 34.1. The van der Waals surface area contributed by atoms with Crippen LogP contribution in [0.2, 0.25) is 0 Å². The summed E-state index contributed by atoms with van der Waals surface area (Å²) < 4.78 is 10.8. The number of ketones is 3. The van der Waals surface area contributed by atoms with Crippen molar-refractivity contribution >= 4 is 46.2 Å². The summed E-state index contributed by atoms with van der Waals surface area (Å²) in [4.78, 5) is 80.6. The molecule has 2 aromatic carbocycles. The third kappa shape index (κ3) is 9.46.